The number of ether oxygens (including phenoxy) is 3. The Morgan fingerprint density at radius 2 is 1.37 bits per heavy atom. The van der Waals surface area contributed by atoms with Crippen molar-refractivity contribution < 1.29 is 24.4 Å². The number of phenolic OH excluding ortho intramolecular Hbond substituents is 2. The summed E-state index contributed by atoms with van der Waals surface area (Å²) < 4.78 is 15.5. The predicted molar refractivity (Wildman–Crippen MR) is 69.4 cm³/mol. The molecule has 2 aromatic carbocycles. The van der Waals surface area contributed by atoms with Gasteiger partial charge < -0.3 is 24.4 Å². The number of phenols is 2. The van der Waals surface area contributed by atoms with Crippen LogP contribution >= 0.6 is 0 Å². The third-order valence-electron chi connectivity index (χ3n) is 2.54. The Kier molecular flexibility index (Phi) is 3.66. The average Bonchev–Trinajstić information content (AvgIpc) is 2.41. The first kappa shape index (κ1) is 12.9. The summed E-state index contributed by atoms with van der Waals surface area (Å²) in [5.41, 5.74) is 0. The van der Waals surface area contributed by atoms with Crippen LogP contribution in [0.3, 0.4) is 0 Å². The highest BCUT2D eigenvalue weighted by Gasteiger charge is 2.07. The Labute approximate surface area is 110 Å². The molecule has 0 aliphatic rings. The molecule has 0 aliphatic heterocycles. The summed E-state index contributed by atoms with van der Waals surface area (Å²) in [5.74, 6) is 1.65. The van der Waals surface area contributed by atoms with Crippen molar-refractivity contribution in [2.45, 2.75) is 0 Å². The Hall–Kier alpha value is -2.56. The van der Waals surface area contributed by atoms with E-state index in [1.165, 1.54) is 26.4 Å². The van der Waals surface area contributed by atoms with Crippen molar-refractivity contribution in [3.8, 4) is 34.5 Å². The average molecular weight is 262 g/mol. The maximum Gasteiger partial charge on any atom is 0.164 e. The first-order chi connectivity index (χ1) is 9.13. The third-order valence-corrected chi connectivity index (χ3v) is 2.54. The second-order valence-electron chi connectivity index (χ2n) is 3.77. The smallest absolute Gasteiger partial charge is 0.164 e. The lowest BCUT2D eigenvalue weighted by Crippen LogP contribution is -1.88. The van der Waals surface area contributed by atoms with Crippen LogP contribution in [-0.2, 0) is 0 Å². The van der Waals surface area contributed by atoms with Crippen molar-refractivity contribution in [3.63, 3.8) is 0 Å². The van der Waals surface area contributed by atoms with E-state index in [1.54, 1.807) is 24.3 Å². The molecule has 0 radical (unpaired) electrons. The van der Waals surface area contributed by atoms with Crippen LogP contribution in [-0.4, -0.2) is 24.4 Å². The summed E-state index contributed by atoms with van der Waals surface area (Å²) in [7, 11) is 2.93. The fraction of sp³-hybridized carbons (Fsp3) is 0.143. The number of hydrogen-bond acceptors (Lipinski definition) is 5. The monoisotopic (exact) mass is 262 g/mol. The Morgan fingerprint density at radius 1 is 0.737 bits per heavy atom. The lowest BCUT2D eigenvalue weighted by molar-refractivity contribution is 0.366. The fourth-order valence-electron chi connectivity index (χ4n) is 1.59. The van der Waals surface area contributed by atoms with Crippen molar-refractivity contribution in [3.05, 3.63) is 36.4 Å². The summed E-state index contributed by atoms with van der Waals surface area (Å²) in [6.07, 6.45) is 0. The van der Waals surface area contributed by atoms with Gasteiger partial charge in [0.2, 0.25) is 0 Å². The van der Waals surface area contributed by atoms with Gasteiger partial charge in [0.15, 0.2) is 23.0 Å². The highest BCUT2D eigenvalue weighted by atomic mass is 16.5. The number of benzene rings is 2. The van der Waals surface area contributed by atoms with Crippen LogP contribution in [0.15, 0.2) is 36.4 Å². The standard InChI is InChI=1S/C14H14O5/c1-17-13-6-4-9(7-12(13)16)19-10-3-5-11(15)14(8-10)18-2/h3-8,15-16H,1-2H3. The van der Waals surface area contributed by atoms with E-state index in [2.05, 4.69) is 0 Å². The summed E-state index contributed by atoms with van der Waals surface area (Å²) in [6, 6.07) is 9.33. The minimum absolute atomic E-state index is 0.00857. The first-order valence-electron chi connectivity index (χ1n) is 5.56. The number of methoxy groups -OCH3 is 2. The van der Waals surface area contributed by atoms with E-state index in [-0.39, 0.29) is 11.5 Å². The molecule has 0 heterocycles. The Bertz CT molecular complexity index is 580. The van der Waals surface area contributed by atoms with Gasteiger partial charge in [-0.2, -0.15) is 0 Å². The van der Waals surface area contributed by atoms with Crippen LogP contribution in [0.25, 0.3) is 0 Å². The van der Waals surface area contributed by atoms with Gasteiger partial charge in [0.1, 0.15) is 11.5 Å². The van der Waals surface area contributed by atoms with E-state index in [4.69, 9.17) is 14.2 Å². The van der Waals surface area contributed by atoms with Crippen LogP contribution in [0.2, 0.25) is 0 Å². The van der Waals surface area contributed by atoms with Gasteiger partial charge in [-0.15, -0.1) is 0 Å². The Morgan fingerprint density at radius 3 is 2.00 bits per heavy atom. The molecule has 0 bridgehead atoms. The number of aromatic hydroxyl groups is 2. The molecule has 2 N–H and O–H groups in total. The molecule has 0 saturated carbocycles. The highest BCUT2D eigenvalue weighted by Crippen LogP contribution is 2.35. The lowest BCUT2D eigenvalue weighted by Gasteiger charge is -2.10. The van der Waals surface area contributed by atoms with Crippen LogP contribution in [0.5, 0.6) is 34.5 Å². The van der Waals surface area contributed by atoms with Crippen molar-refractivity contribution in [2.75, 3.05) is 14.2 Å². The minimum atomic E-state index is -0.00857. The number of hydrogen-bond donors (Lipinski definition) is 2. The largest absolute Gasteiger partial charge is 0.504 e. The van der Waals surface area contributed by atoms with E-state index in [0.29, 0.717) is 23.0 Å². The predicted octanol–water partition coefficient (Wildman–Crippen LogP) is 2.91. The van der Waals surface area contributed by atoms with Gasteiger partial charge in [-0.3, -0.25) is 0 Å². The molecule has 0 fully saturated rings. The maximum absolute atomic E-state index is 9.64. The minimum Gasteiger partial charge on any atom is -0.504 e. The van der Waals surface area contributed by atoms with Crippen LogP contribution in [0, 0.1) is 0 Å². The van der Waals surface area contributed by atoms with E-state index in [1.807, 2.05) is 0 Å². The molecule has 5 nitrogen and oxygen atoms in total. The van der Waals surface area contributed by atoms with Crippen molar-refractivity contribution >= 4 is 0 Å². The maximum atomic E-state index is 9.64. The van der Waals surface area contributed by atoms with Crippen LogP contribution in [0.1, 0.15) is 0 Å². The molecule has 5 heteroatoms. The fourth-order valence-corrected chi connectivity index (χ4v) is 1.59. The quantitative estimate of drug-likeness (QED) is 0.886. The molecule has 0 saturated heterocycles. The zero-order valence-electron chi connectivity index (χ0n) is 10.6. The highest BCUT2D eigenvalue weighted by molar-refractivity contribution is 5.48. The molecule has 19 heavy (non-hydrogen) atoms. The molecule has 0 unspecified atom stereocenters. The van der Waals surface area contributed by atoms with Gasteiger partial charge in [0, 0.05) is 12.1 Å². The number of rotatable bonds is 4. The third kappa shape index (κ3) is 2.82. The molecule has 0 spiro atoms. The van der Waals surface area contributed by atoms with Gasteiger partial charge >= 0.3 is 0 Å². The lowest BCUT2D eigenvalue weighted by atomic mass is 10.3. The van der Waals surface area contributed by atoms with Crippen LogP contribution < -0.4 is 14.2 Å². The van der Waals surface area contributed by atoms with E-state index in [9.17, 15) is 10.2 Å². The second-order valence-corrected chi connectivity index (χ2v) is 3.77. The van der Waals surface area contributed by atoms with Gasteiger partial charge in [0.25, 0.3) is 0 Å². The zero-order valence-corrected chi connectivity index (χ0v) is 10.6. The van der Waals surface area contributed by atoms with Crippen molar-refractivity contribution in [1.82, 2.24) is 0 Å². The van der Waals surface area contributed by atoms with Gasteiger partial charge in [0.05, 0.1) is 14.2 Å². The molecule has 2 rings (SSSR count). The topological polar surface area (TPSA) is 68.2 Å². The summed E-state index contributed by atoms with van der Waals surface area (Å²) in [6.45, 7) is 0. The van der Waals surface area contributed by atoms with Crippen molar-refractivity contribution in [1.29, 1.82) is 0 Å². The second kappa shape index (κ2) is 5.39. The first-order valence-corrected chi connectivity index (χ1v) is 5.56. The summed E-state index contributed by atoms with van der Waals surface area (Å²) in [5, 5.41) is 19.1. The normalized spacial score (nSPS) is 10.0. The summed E-state index contributed by atoms with van der Waals surface area (Å²) in [4.78, 5) is 0. The van der Waals surface area contributed by atoms with E-state index >= 15 is 0 Å². The molecule has 0 atom stereocenters. The van der Waals surface area contributed by atoms with Gasteiger partial charge in [-0.05, 0) is 24.3 Å². The molecule has 100 valence electrons. The van der Waals surface area contributed by atoms with Crippen molar-refractivity contribution in [2.24, 2.45) is 0 Å². The molecular formula is C14H14O5. The molecule has 0 aliphatic carbocycles. The summed E-state index contributed by atoms with van der Waals surface area (Å²) >= 11 is 0. The van der Waals surface area contributed by atoms with E-state index < -0.39 is 0 Å². The van der Waals surface area contributed by atoms with Gasteiger partial charge in [-0.25, -0.2) is 0 Å². The SMILES string of the molecule is COc1ccc(Oc2ccc(O)c(OC)c2)cc1O. The zero-order chi connectivity index (χ0) is 13.8. The molecule has 2 aromatic rings. The van der Waals surface area contributed by atoms with Crippen LogP contribution in [0.4, 0.5) is 0 Å². The van der Waals surface area contributed by atoms with Gasteiger partial charge in [-0.1, -0.05) is 0 Å². The van der Waals surface area contributed by atoms with E-state index in [0.717, 1.165) is 0 Å². The Balaban J connectivity index is 2.23. The molecule has 0 aromatic heterocycles. The molecule has 0 amide bonds. The molecular weight excluding hydrogens is 248 g/mol.